The number of hydrogen-bond acceptors (Lipinski definition) is 4. The Balaban J connectivity index is 3.37. The van der Waals surface area contributed by atoms with E-state index in [1.807, 2.05) is 20.8 Å². The van der Waals surface area contributed by atoms with E-state index in [4.69, 9.17) is 5.11 Å². The Bertz CT molecular complexity index is 144. The third-order valence-electron chi connectivity index (χ3n) is 2.03. The molecule has 0 aromatic heterocycles. The average molecular weight is 204 g/mol. The molecule has 2 unspecified atom stereocenters. The van der Waals surface area contributed by atoms with Crippen molar-refractivity contribution in [1.29, 1.82) is 0 Å². The molecule has 0 aliphatic carbocycles. The fourth-order valence-corrected chi connectivity index (χ4v) is 0.885. The normalized spacial score (nSPS) is 16.7. The number of aliphatic hydroxyl groups excluding tert-OH is 2. The van der Waals surface area contributed by atoms with Gasteiger partial charge >= 0.3 is 0 Å². The summed E-state index contributed by atoms with van der Waals surface area (Å²) in [5.41, 5.74) is -0.0860. The first-order valence-electron chi connectivity index (χ1n) is 5.11. The van der Waals surface area contributed by atoms with Gasteiger partial charge in [0.2, 0.25) is 0 Å². The van der Waals surface area contributed by atoms with E-state index in [1.165, 1.54) is 0 Å². The van der Waals surface area contributed by atoms with Gasteiger partial charge in [-0.15, -0.1) is 0 Å². The Kier molecular flexibility index (Phi) is 6.27. The Morgan fingerprint density at radius 1 is 1.07 bits per heavy atom. The van der Waals surface area contributed by atoms with Gasteiger partial charge in [0.05, 0.1) is 12.2 Å². The Labute approximate surface area is 86.7 Å². The molecule has 4 N–H and O–H groups in total. The molecule has 2 atom stereocenters. The van der Waals surface area contributed by atoms with E-state index < -0.39 is 0 Å². The summed E-state index contributed by atoms with van der Waals surface area (Å²) in [6, 6.07) is 0. The van der Waals surface area contributed by atoms with Gasteiger partial charge in [0.25, 0.3) is 0 Å². The minimum Gasteiger partial charge on any atom is -0.392 e. The summed E-state index contributed by atoms with van der Waals surface area (Å²) < 4.78 is 0. The van der Waals surface area contributed by atoms with Crippen LogP contribution in [-0.4, -0.2) is 42.2 Å². The predicted molar refractivity (Wildman–Crippen MR) is 58.0 cm³/mol. The van der Waals surface area contributed by atoms with E-state index >= 15 is 0 Å². The van der Waals surface area contributed by atoms with Crippen LogP contribution in [0.25, 0.3) is 0 Å². The van der Waals surface area contributed by atoms with Crippen molar-refractivity contribution in [3.63, 3.8) is 0 Å². The Hall–Kier alpha value is -0.160. The lowest BCUT2D eigenvalue weighted by Crippen LogP contribution is -2.41. The van der Waals surface area contributed by atoms with E-state index in [1.54, 1.807) is 6.92 Å². The second-order valence-electron chi connectivity index (χ2n) is 4.82. The maximum atomic E-state index is 9.65. The first-order chi connectivity index (χ1) is 6.34. The number of aliphatic hydroxyl groups is 2. The average Bonchev–Trinajstić information content (AvgIpc) is 2.01. The first-order valence-corrected chi connectivity index (χ1v) is 5.11. The zero-order valence-electron chi connectivity index (χ0n) is 9.67. The number of rotatable bonds is 6. The Morgan fingerprint density at radius 3 is 2.00 bits per heavy atom. The topological polar surface area (TPSA) is 64.5 Å². The highest BCUT2D eigenvalue weighted by atomic mass is 16.3. The standard InChI is InChI=1S/C10H24N2O2/c1-8(13)5-11-7-12-6-9(14)10(2,3)4/h8-9,11-14H,5-7H2,1-4H3. The molecule has 0 saturated carbocycles. The van der Waals surface area contributed by atoms with Gasteiger partial charge in [-0.25, -0.2) is 0 Å². The molecule has 4 nitrogen and oxygen atoms in total. The van der Waals surface area contributed by atoms with Crippen LogP contribution >= 0.6 is 0 Å². The first kappa shape index (κ1) is 13.8. The van der Waals surface area contributed by atoms with Crippen molar-refractivity contribution in [2.24, 2.45) is 5.41 Å². The molecule has 0 heterocycles. The highest BCUT2D eigenvalue weighted by Gasteiger charge is 2.20. The van der Waals surface area contributed by atoms with E-state index in [9.17, 15) is 5.11 Å². The van der Waals surface area contributed by atoms with Crippen LogP contribution in [0.3, 0.4) is 0 Å². The van der Waals surface area contributed by atoms with Gasteiger partial charge in [-0.2, -0.15) is 0 Å². The second-order valence-corrected chi connectivity index (χ2v) is 4.82. The highest BCUT2D eigenvalue weighted by molar-refractivity contribution is 4.74. The van der Waals surface area contributed by atoms with E-state index in [-0.39, 0.29) is 17.6 Å². The van der Waals surface area contributed by atoms with Gasteiger partial charge in [-0.3, -0.25) is 0 Å². The molecule has 14 heavy (non-hydrogen) atoms. The molecule has 0 radical (unpaired) electrons. The van der Waals surface area contributed by atoms with Crippen molar-refractivity contribution in [3.05, 3.63) is 0 Å². The fourth-order valence-electron chi connectivity index (χ4n) is 0.885. The van der Waals surface area contributed by atoms with E-state index in [0.717, 1.165) is 0 Å². The molecule has 0 amide bonds. The number of hydrogen-bond donors (Lipinski definition) is 4. The molecule has 0 bridgehead atoms. The molecule has 0 saturated heterocycles. The molecule has 0 spiro atoms. The van der Waals surface area contributed by atoms with Gasteiger partial charge in [0.15, 0.2) is 0 Å². The monoisotopic (exact) mass is 204 g/mol. The van der Waals surface area contributed by atoms with Gasteiger partial charge in [-0.1, -0.05) is 20.8 Å². The second kappa shape index (κ2) is 6.35. The summed E-state index contributed by atoms with van der Waals surface area (Å²) >= 11 is 0. The molecule has 0 fully saturated rings. The lowest BCUT2D eigenvalue weighted by molar-refractivity contribution is 0.0624. The van der Waals surface area contributed by atoms with Crippen LogP contribution in [0.1, 0.15) is 27.7 Å². The van der Waals surface area contributed by atoms with Crippen LogP contribution in [0, 0.1) is 5.41 Å². The smallest absolute Gasteiger partial charge is 0.0713 e. The van der Waals surface area contributed by atoms with Crippen LogP contribution in [0.2, 0.25) is 0 Å². The summed E-state index contributed by atoms with van der Waals surface area (Å²) in [4.78, 5) is 0. The Morgan fingerprint density at radius 2 is 1.57 bits per heavy atom. The minimum atomic E-state index is -0.351. The van der Waals surface area contributed by atoms with Crippen LogP contribution in [0.4, 0.5) is 0 Å². The zero-order chi connectivity index (χ0) is 11.2. The van der Waals surface area contributed by atoms with Crippen LogP contribution in [-0.2, 0) is 0 Å². The molecule has 4 heteroatoms. The van der Waals surface area contributed by atoms with Gasteiger partial charge in [0.1, 0.15) is 0 Å². The highest BCUT2D eigenvalue weighted by Crippen LogP contribution is 2.17. The fraction of sp³-hybridized carbons (Fsp3) is 1.00. The maximum absolute atomic E-state index is 9.65. The van der Waals surface area contributed by atoms with Crippen molar-refractivity contribution >= 4 is 0 Å². The lowest BCUT2D eigenvalue weighted by Gasteiger charge is -2.26. The van der Waals surface area contributed by atoms with Crippen molar-refractivity contribution in [3.8, 4) is 0 Å². The van der Waals surface area contributed by atoms with Gasteiger partial charge < -0.3 is 20.8 Å². The van der Waals surface area contributed by atoms with Crippen LogP contribution < -0.4 is 10.6 Å². The maximum Gasteiger partial charge on any atom is 0.0713 e. The van der Waals surface area contributed by atoms with Crippen molar-refractivity contribution in [2.45, 2.75) is 39.9 Å². The quantitative estimate of drug-likeness (QED) is 0.361. The molecule has 0 aromatic carbocycles. The minimum absolute atomic E-state index is 0.0860. The van der Waals surface area contributed by atoms with E-state index in [2.05, 4.69) is 10.6 Å². The largest absolute Gasteiger partial charge is 0.392 e. The SMILES string of the molecule is CC(O)CNCNCC(O)C(C)(C)C. The van der Waals surface area contributed by atoms with E-state index in [0.29, 0.717) is 19.8 Å². The van der Waals surface area contributed by atoms with Crippen molar-refractivity contribution < 1.29 is 10.2 Å². The zero-order valence-corrected chi connectivity index (χ0v) is 9.67. The molecular weight excluding hydrogens is 180 g/mol. The van der Waals surface area contributed by atoms with Crippen LogP contribution in [0.5, 0.6) is 0 Å². The third kappa shape index (κ3) is 7.26. The predicted octanol–water partition coefficient (Wildman–Crippen LogP) is -0.0891. The molecule has 0 aliphatic rings. The molecular formula is C10H24N2O2. The summed E-state index contributed by atoms with van der Waals surface area (Å²) in [6.45, 7) is 9.48. The third-order valence-corrected chi connectivity index (χ3v) is 2.03. The summed E-state index contributed by atoms with van der Waals surface area (Å²) in [7, 11) is 0. The summed E-state index contributed by atoms with van der Waals surface area (Å²) in [5, 5.41) is 24.7. The molecule has 0 aliphatic heterocycles. The molecule has 0 rings (SSSR count). The lowest BCUT2D eigenvalue weighted by atomic mass is 9.89. The summed E-state index contributed by atoms with van der Waals surface area (Å²) in [5.74, 6) is 0. The number of nitrogens with one attached hydrogen (secondary N) is 2. The van der Waals surface area contributed by atoms with Crippen LogP contribution in [0.15, 0.2) is 0 Å². The molecule has 86 valence electrons. The summed E-state index contributed by atoms with van der Waals surface area (Å²) in [6.07, 6.45) is -0.680. The van der Waals surface area contributed by atoms with Crippen molar-refractivity contribution in [1.82, 2.24) is 10.6 Å². The van der Waals surface area contributed by atoms with Gasteiger partial charge in [0, 0.05) is 19.8 Å². The molecule has 0 aromatic rings. The van der Waals surface area contributed by atoms with Gasteiger partial charge in [-0.05, 0) is 12.3 Å². The van der Waals surface area contributed by atoms with Crippen molar-refractivity contribution in [2.75, 3.05) is 19.8 Å².